The normalized spacial score (nSPS) is 28.5. The van der Waals surface area contributed by atoms with Crippen LogP contribution >= 0.6 is 0 Å². The van der Waals surface area contributed by atoms with Crippen molar-refractivity contribution in [2.24, 2.45) is 5.92 Å². The lowest BCUT2D eigenvalue weighted by atomic mass is 9.98. The number of hydrogen-bond acceptors (Lipinski definition) is 3. The standard InChI is InChI=1S/C9H18N2O/c1-10-3-8(4-10)5-11-6-9(7-11)12-2/h8-9H,3-7H2,1-2H3. The lowest BCUT2D eigenvalue weighted by molar-refractivity contribution is -0.0474. The fourth-order valence-electron chi connectivity index (χ4n) is 2.13. The van der Waals surface area contributed by atoms with Gasteiger partial charge in [0.25, 0.3) is 0 Å². The van der Waals surface area contributed by atoms with Crippen molar-refractivity contribution in [3.63, 3.8) is 0 Å². The average Bonchev–Trinajstić information content (AvgIpc) is 1.91. The van der Waals surface area contributed by atoms with Crippen molar-refractivity contribution in [2.75, 3.05) is 46.9 Å². The summed E-state index contributed by atoms with van der Waals surface area (Å²) in [6, 6.07) is 0. The number of nitrogens with zero attached hydrogens (tertiary/aromatic N) is 2. The largest absolute Gasteiger partial charge is 0.379 e. The van der Waals surface area contributed by atoms with Crippen LogP contribution in [0.4, 0.5) is 0 Å². The first-order valence-corrected chi connectivity index (χ1v) is 4.71. The summed E-state index contributed by atoms with van der Waals surface area (Å²) in [6.07, 6.45) is 0.516. The van der Waals surface area contributed by atoms with E-state index in [1.54, 1.807) is 7.11 Å². The minimum absolute atomic E-state index is 0.516. The molecule has 3 nitrogen and oxygen atoms in total. The predicted molar refractivity (Wildman–Crippen MR) is 48.2 cm³/mol. The van der Waals surface area contributed by atoms with Gasteiger partial charge in [0, 0.05) is 39.8 Å². The Morgan fingerprint density at radius 2 is 1.92 bits per heavy atom. The molecule has 0 N–H and O–H groups in total. The van der Waals surface area contributed by atoms with Crippen molar-refractivity contribution >= 4 is 0 Å². The Kier molecular flexibility index (Phi) is 2.35. The molecule has 0 atom stereocenters. The highest BCUT2D eigenvalue weighted by Gasteiger charge is 2.31. The van der Waals surface area contributed by atoms with Gasteiger partial charge in [-0.05, 0) is 13.0 Å². The van der Waals surface area contributed by atoms with Crippen LogP contribution in [0.1, 0.15) is 0 Å². The second-order valence-corrected chi connectivity index (χ2v) is 4.16. The molecule has 0 unspecified atom stereocenters. The van der Waals surface area contributed by atoms with Crippen LogP contribution in [0.2, 0.25) is 0 Å². The topological polar surface area (TPSA) is 15.7 Å². The Bertz CT molecular complexity index is 151. The van der Waals surface area contributed by atoms with Gasteiger partial charge in [-0.25, -0.2) is 0 Å². The van der Waals surface area contributed by atoms with Gasteiger partial charge in [-0.2, -0.15) is 0 Å². The second-order valence-electron chi connectivity index (χ2n) is 4.16. The fourth-order valence-corrected chi connectivity index (χ4v) is 2.13. The number of rotatable bonds is 3. The van der Waals surface area contributed by atoms with E-state index in [9.17, 15) is 0 Å². The van der Waals surface area contributed by atoms with Crippen LogP contribution in [0.5, 0.6) is 0 Å². The molecule has 2 rings (SSSR count). The van der Waals surface area contributed by atoms with Crippen LogP contribution in [0.15, 0.2) is 0 Å². The number of hydrogen-bond donors (Lipinski definition) is 0. The third kappa shape index (κ3) is 1.63. The highest BCUT2D eigenvalue weighted by Crippen LogP contribution is 2.18. The zero-order valence-electron chi connectivity index (χ0n) is 7.99. The van der Waals surface area contributed by atoms with E-state index in [0.29, 0.717) is 6.10 Å². The summed E-state index contributed by atoms with van der Waals surface area (Å²) in [7, 11) is 3.99. The summed E-state index contributed by atoms with van der Waals surface area (Å²) >= 11 is 0. The molecular weight excluding hydrogens is 152 g/mol. The molecule has 2 heterocycles. The van der Waals surface area contributed by atoms with Crippen LogP contribution < -0.4 is 0 Å². The first-order chi connectivity index (χ1) is 5.78. The molecule has 2 fully saturated rings. The molecule has 2 saturated heterocycles. The summed E-state index contributed by atoms with van der Waals surface area (Å²) in [4.78, 5) is 4.87. The Hall–Kier alpha value is -0.120. The maximum absolute atomic E-state index is 5.22. The van der Waals surface area contributed by atoms with Gasteiger partial charge in [0.15, 0.2) is 0 Å². The molecule has 0 radical (unpaired) electrons. The van der Waals surface area contributed by atoms with Crippen molar-refractivity contribution in [1.29, 1.82) is 0 Å². The number of likely N-dealkylation sites (tertiary alicyclic amines) is 2. The molecule has 0 aliphatic carbocycles. The van der Waals surface area contributed by atoms with Gasteiger partial charge >= 0.3 is 0 Å². The summed E-state index contributed by atoms with van der Waals surface area (Å²) in [5.74, 6) is 0.924. The molecule has 0 bridgehead atoms. The van der Waals surface area contributed by atoms with Crippen molar-refractivity contribution in [2.45, 2.75) is 6.10 Å². The maximum Gasteiger partial charge on any atom is 0.0824 e. The quantitative estimate of drug-likeness (QED) is 0.587. The highest BCUT2D eigenvalue weighted by molar-refractivity contribution is 4.86. The highest BCUT2D eigenvalue weighted by atomic mass is 16.5. The summed E-state index contributed by atoms with van der Waals surface area (Å²) in [6.45, 7) is 6.15. The van der Waals surface area contributed by atoms with Gasteiger partial charge in [0.05, 0.1) is 6.10 Å². The van der Waals surface area contributed by atoms with E-state index >= 15 is 0 Å². The molecular formula is C9H18N2O. The SMILES string of the molecule is COC1CN(CC2CN(C)C2)C1. The van der Waals surface area contributed by atoms with Gasteiger partial charge in [-0.15, -0.1) is 0 Å². The van der Waals surface area contributed by atoms with Crippen molar-refractivity contribution in [3.05, 3.63) is 0 Å². The molecule has 0 spiro atoms. The van der Waals surface area contributed by atoms with E-state index in [4.69, 9.17) is 4.74 Å². The first kappa shape index (κ1) is 8.48. The van der Waals surface area contributed by atoms with E-state index in [1.807, 2.05) is 0 Å². The van der Waals surface area contributed by atoms with E-state index in [-0.39, 0.29) is 0 Å². The van der Waals surface area contributed by atoms with E-state index in [1.165, 1.54) is 19.6 Å². The van der Waals surface area contributed by atoms with Crippen LogP contribution in [0.25, 0.3) is 0 Å². The van der Waals surface area contributed by atoms with Gasteiger partial charge in [0.1, 0.15) is 0 Å². The molecule has 12 heavy (non-hydrogen) atoms. The van der Waals surface area contributed by atoms with Crippen molar-refractivity contribution in [3.8, 4) is 0 Å². The fraction of sp³-hybridized carbons (Fsp3) is 1.00. The third-order valence-electron chi connectivity index (χ3n) is 2.91. The summed E-state index contributed by atoms with van der Waals surface area (Å²) < 4.78 is 5.22. The predicted octanol–water partition coefficient (Wildman–Crippen LogP) is -0.121. The van der Waals surface area contributed by atoms with E-state index < -0.39 is 0 Å². The molecule has 3 heteroatoms. The third-order valence-corrected chi connectivity index (χ3v) is 2.91. The number of ether oxygens (including phenoxy) is 1. The molecule has 0 aromatic carbocycles. The lowest BCUT2D eigenvalue weighted by Crippen LogP contribution is -2.57. The Morgan fingerprint density at radius 3 is 2.42 bits per heavy atom. The molecule has 0 aromatic rings. The van der Waals surface area contributed by atoms with E-state index in [0.717, 1.165) is 19.0 Å². The maximum atomic E-state index is 5.22. The van der Waals surface area contributed by atoms with Crippen LogP contribution in [-0.2, 0) is 4.74 Å². The summed E-state index contributed by atoms with van der Waals surface area (Å²) in [5.41, 5.74) is 0. The average molecular weight is 170 g/mol. The minimum atomic E-state index is 0.516. The smallest absolute Gasteiger partial charge is 0.0824 e. The first-order valence-electron chi connectivity index (χ1n) is 4.71. The van der Waals surface area contributed by atoms with Crippen LogP contribution in [0, 0.1) is 5.92 Å². The van der Waals surface area contributed by atoms with Crippen LogP contribution in [0.3, 0.4) is 0 Å². The van der Waals surface area contributed by atoms with Crippen LogP contribution in [-0.4, -0.2) is 62.8 Å². The molecule has 2 aliphatic rings. The monoisotopic (exact) mass is 170 g/mol. The Balaban J connectivity index is 1.58. The molecule has 2 aliphatic heterocycles. The molecule has 70 valence electrons. The van der Waals surface area contributed by atoms with Gasteiger partial charge in [0.2, 0.25) is 0 Å². The minimum Gasteiger partial charge on any atom is -0.379 e. The molecule has 0 aromatic heterocycles. The number of methoxy groups -OCH3 is 1. The van der Waals surface area contributed by atoms with Gasteiger partial charge in [-0.3, -0.25) is 4.90 Å². The lowest BCUT2D eigenvalue weighted by Gasteiger charge is -2.44. The Labute approximate surface area is 74.3 Å². The Morgan fingerprint density at radius 1 is 1.25 bits per heavy atom. The zero-order chi connectivity index (χ0) is 8.55. The van der Waals surface area contributed by atoms with Gasteiger partial charge < -0.3 is 9.64 Å². The van der Waals surface area contributed by atoms with Gasteiger partial charge in [-0.1, -0.05) is 0 Å². The zero-order valence-corrected chi connectivity index (χ0v) is 7.99. The second kappa shape index (κ2) is 3.32. The van der Waals surface area contributed by atoms with E-state index in [2.05, 4.69) is 16.8 Å². The molecule has 0 saturated carbocycles. The van der Waals surface area contributed by atoms with Crippen molar-refractivity contribution in [1.82, 2.24) is 9.80 Å². The summed E-state index contributed by atoms with van der Waals surface area (Å²) in [5, 5.41) is 0. The van der Waals surface area contributed by atoms with Crippen molar-refractivity contribution < 1.29 is 4.74 Å². The molecule has 0 amide bonds.